The second-order valence-electron chi connectivity index (χ2n) is 11.3. The van der Waals surface area contributed by atoms with E-state index in [9.17, 15) is 19.2 Å². The second kappa shape index (κ2) is 20.0. The van der Waals surface area contributed by atoms with Gasteiger partial charge in [-0.2, -0.15) is 0 Å². The molecule has 0 saturated carbocycles. The highest BCUT2D eigenvalue weighted by Crippen LogP contribution is 2.42. The van der Waals surface area contributed by atoms with Crippen LogP contribution in [0.3, 0.4) is 0 Å². The Morgan fingerprint density at radius 2 is 0.865 bits per heavy atom. The molecule has 0 unspecified atom stereocenters. The van der Waals surface area contributed by atoms with Crippen molar-refractivity contribution in [2.45, 2.75) is 13.8 Å². The Balaban J connectivity index is 2.01. The predicted octanol–water partition coefficient (Wildman–Crippen LogP) is 6.23. The fourth-order valence-electron chi connectivity index (χ4n) is 4.29. The van der Waals surface area contributed by atoms with Gasteiger partial charge in [0, 0.05) is 36.5 Å². The molecule has 0 radical (unpaired) electrons. The van der Waals surface area contributed by atoms with Crippen LogP contribution in [0.4, 0.5) is 0 Å². The maximum atomic E-state index is 13.1. The molecule has 52 heavy (non-hydrogen) atoms. The summed E-state index contributed by atoms with van der Waals surface area (Å²) in [5, 5.41) is 0. The Kier molecular flexibility index (Phi) is 15.6. The molecule has 0 N–H and O–H groups in total. The largest absolute Gasteiger partial charge is 0.490 e. The minimum atomic E-state index is -0.729. The maximum Gasteiger partial charge on any atom is 0.341 e. The average molecular weight is 715 g/mol. The van der Waals surface area contributed by atoms with E-state index in [0.29, 0.717) is 33.8 Å². The molecule has 0 aliphatic carbocycles. The third-order valence-corrected chi connectivity index (χ3v) is 6.90. The Morgan fingerprint density at radius 1 is 0.519 bits per heavy atom. The van der Waals surface area contributed by atoms with Crippen LogP contribution in [0.15, 0.2) is 109 Å². The molecule has 0 amide bonds. The summed E-state index contributed by atoms with van der Waals surface area (Å²) in [7, 11) is 2.86. The van der Waals surface area contributed by atoms with E-state index in [1.807, 2.05) is 0 Å². The summed E-state index contributed by atoms with van der Waals surface area (Å²) in [6.45, 7) is 17.9. The van der Waals surface area contributed by atoms with Crippen LogP contribution in [0.5, 0.6) is 23.0 Å². The van der Waals surface area contributed by atoms with Crippen molar-refractivity contribution >= 4 is 23.9 Å². The van der Waals surface area contributed by atoms with Crippen LogP contribution in [0.2, 0.25) is 0 Å². The third kappa shape index (κ3) is 12.1. The first kappa shape index (κ1) is 40.4. The van der Waals surface area contributed by atoms with E-state index in [1.54, 1.807) is 74.5 Å². The van der Waals surface area contributed by atoms with Crippen molar-refractivity contribution in [2.24, 2.45) is 0 Å². The molecule has 0 aliphatic heterocycles. The first-order valence-corrected chi connectivity index (χ1v) is 15.9. The van der Waals surface area contributed by atoms with Crippen molar-refractivity contribution < 1.29 is 57.1 Å². The Morgan fingerprint density at radius 3 is 1.17 bits per heavy atom. The van der Waals surface area contributed by atoms with Gasteiger partial charge < -0.3 is 37.9 Å². The van der Waals surface area contributed by atoms with Crippen LogP contribution in [0.1, 0.15) is 13.8 Å². The van der Waals surface area contributed by atoms with Gasteiger partial charge in [0.1, 0.15) is 49.4 Å². The number of benzene rings is 3. The molecule has 0 fully saturated rings. The van der Waals surface area contributed by atoms with E-state index in [2.05, 4.69) is 26.3 Å². The van der Waals surface area contributed by atoms with Gasteiger partial charge >= 0.3 is 23.9 Å². The van der Waals surface area contributed by atoms with E-state index in [1.165, 1.54) is 14.2 Å². The van der Waals surface area contributed by atoms with Gasteiger partial charge in [-0.3, -0.25) is 0 Å². The van der Waals surface area contributed by atoms with Crippen LogP contribution >= 0.6 is 0 Å². The first-order chi connectivity index (χ1) is 24.8. The smallest absolute Gasteiger partial charge is 0.341 e. The lowest BCUT2D eigenvalue weighted by molar-refractivity contribution is -0.140. The molecule has 0 atom stereocenters. The monoisotopic (exact) mass is 714 g/mol. The molecule has 274 valence electrons. The maximum absolute atomic E-state index is 13.1. The number of carbonyl (C=O) groups excluding carboxylic acids is 4. The van der Waals surface area contributed by atoms with Gasteiger partial charge in [0.2, 0.25) is 0 Å². The summed E-state index contributed by atoms with van der Waals surface area (Å²) >= 11 is 0. The van der Waals surface area contributed by atoms with Gasteiger partial charge in [-0.25, -0.2) is 19.2 Å². The third-order valence-electron chi connectivity index (χ3n) is 6.90. The van der Waals surface area contributed by atoms with Crippen LogP contribution in [-0.2, 0) is 38.1 Å². The molecule has 0 heterocycles. The summed E-state index contributed by atoms with van der Waals surface area (Å²) < 4.78 is 43.3. The highest BCUT2D eigenvalue weighted by molar-refractivity contribution is 5.94. The van der Waals surface area contributed by atoms with Crippen LogP contribution < -0.4 is 18.9 Å². The van der Waals surface area contributed by atoms with Crippen LogP contribution in [0, 0.1) is 0 Å². The van der Waals surface area contributed by atoms with Crippen molar-refractivity contribution in [3.8, 4) is 45.3 Å². The average Bonchev–Trinajstić information content (AvgIpc) is 3.12. The molecule has 0 aliphatic rings. The molecule has 3 rings (SSSR count). The van der Waals surface area contributed by atoms with Crippen LogP contribution in [0.25, 0.3) is 22.3 Å². The summed E-state index contributed by atoms with van der Waals surface area (Å²) in [5.41, 5.74) is 2.68. The molecule has 0 aromatic heterocycles. The zero-order valence-electron chi connectivity index (χ0n) is 29.7. The molecule has 0 bridgehead atoms. The van der Waals surface area contributed by atoms with Gasteiger partial charge in [-0.15, -0.1) is 0 Å². The number of hydrogen-bond acceptors (Lipinski definition) is 12. The van der Waals surface area contributed by atoms with Gasteiger partial charge in [0.15, 0.2) is 0 Å². The minimum absolute atomic E-state index is 0.0292. The van der Waals surface area contributed by atoms with Gasteiger partial charge in [0.25, 0.3) is 0 Å². The summed E-state index contributed by atoms with van der Waals surface area (Å²) in [6.07, 6.45) is 0. The summed E-state index contributed by atoms with van der Waals surface area (Å²) in [5.74, 6) is -1.25. The lowest BCUT2D eigenvalue weighted by Crippen LogP contribution is -2.16. The van der Waals surface area contributed by atoms with Crippen molar-refractivity contribution in [3.63, 3.8) is 0 Å². The number of esters is 4. The number of carbonyl (C=O) groups is 4. The van der Waals surface area contributed by atoms with Crippen molar-refractivity contribution in [2.75, 3.05) is 53.9 Å². The van der Waals surface area contributed by atoms with Crippen molar-refractivity contribution in [1.29, 1.82) is 0 Å². The second-order valence-corrected chi connectivity index (χ2v) is 11.3. The summed E-state index contributed by atoms with van der Waals surface area (Å²) in [4.78, 5) is 49.4. The summed E-state index contributed by atoms with van der Waals surface area (Å²) in [6, 6.07) is 16.8. The molecule has 12 heteroatoms. The van der Waals surface area contributed by atoms with E-state index >= 15 is 0 Å². The quantitative estimate of drug-likeness (QED) is 0.0567. The Bertz CT molecular complexity index is 1670. The van der Waals surface area contributed by atoms with Gasteiger partial charge in [0.05, 0.1) is 24.4 Å². The van der Waals surface area contributed by atoms with E-state index in [-0.39, 0.29) is 73.4 Å². The number of ether oxygens (including phenoxy) is 8. The van der Waals surface area contributed by atoms with E-state index in [0.717, 1.165) is 0 Å². The van der Waals surface area contributed by atoms with Crippen molar-refractivity contribution in [1.82, 2.24) is 0 Å². The zero-order chi connectivity index (χ0) is 38.2. The van der Waals surface area contributed by atoms with Gasteiger partial charge in [-0.1, -0.05) is 50.6 Å². The Hall–Kier alpha value is -5.98. The molecule has 12 nitrogen and oxygen atoms in total. The molecule has 0 saturated heterocycles. The first-order valence-electron chi connectivity index (χ1n) is 15.9. The molecule has 0 spiro atoms. The standard InChI is InChI=1S/C40H42O12/c1-25(2)37(41)49-19-17-47-31-13-9-29(10-14-31)33-21-36(52-40(44)28(6)24-46-8)34(22-35(33)51-39(43)27(5)23-45-7)30-11-15-32(16-12-30)48-18-20-50-38(42)26(3)4/h9-16,21-22H,1,3,5-6,17-20,23-24H2,2,4,7-8H3. The molecule has 3 aromatic rings. The lowest BCUT2D eigenvalue weighted by atomic mass is 9.97. The fourth-order valence-corrected chi connectivity index (χ4v) is 4.29. The van der Waals surface area contributed by atoms with Crippen LogP contribution in [-0.4, -0.2) is 77.7 Å². The van der Waals surface area contributed by atoms with Crippen molar-refractivity contribution in [3.05, 3.63) is 109 Å². The zero-order valence-corrected chi connectivity index (χ0v) is 29.7. The number of methoxy groups -OCH3 is 2. The highest BCUT2D eigenvalue weighted by Gasteiger charge is 2.22. The van der Waals surface area contributed by atoms with Gasteiger partial charge in [-0.05, 0) is 61.4 Å². The SMILES string of the molecule is C=C(C)C(=O)OCCOc1ccc(-c2cc(OC(=O)C(=C)COC)c(-c3ccc(OCCOC(=O)C(=C)C)cc3)cc2OC(=O)C(=C)COC)cc1. The molecule has 3 aromatic carbocycles. The normalized spacial score (nSPS) is 10.4. The topological polar surface area (TPSA) is 142 Å². The highest BCUT2D eigenvalue weighted by atomic mass is 16.6. The molecular weight excluding hydrogens is 672 g/mol. The predicted molar refractivity (Wildman–Crippen MR) is 193 cm³/mol. The fraction of sp³-hybridized carbons (Fsp3) is 0.250. The minimum Gasteiger partial charge on any atom is -0.490 e. The number of hydrogen-bond donors (Lipinski definition) is 0. The lowest BCUT2D eigenvalue weighted by Gasteiger charge is -2.18. The number of rotatable bonds is 20. The van der Waals surface area contributed by atoms with E-state index < -0.39 is 23.9 Å². The Labute approximate surface area is 302 Å². The molecular formula is C40H42O12. The van der Waals surface area contributed by atoms with E-state index in [4.69, 9.17) is 37.9 Å².